The first-order valence-electron chi connectivity index (χ1n) is 8.21. The first-order chi connectivity index (χ1) is 12.7. The van der Waals surface area contributed by atoms with Gasteiger partial charge in [0.05, 0.1) is 13.7 Å². The van der Waals surface area contributed by atoms with E-state index in [4.69, 9.17) is 13.9 Å². The van der Waals surface area contributed by atoms with Gasteiger partial charge in [0.2, 0.25) is 11.8 Å². The maximum Gasteiger partial charge on any atom is 0.246 e. The van der Waals surface area contributed by atoms with E-state index in [1.165, 1.54) is 6.08 Å². The zero-order valence-electron chi connectivity index (χ0n) is 14.7. The molecule has 3 rings (SSSR count). The second kappa shape index (κ2) is 8.20. The number of para-hydroxylation sites is 2. The lowest BCUT2D eigenvalue weighted by molar-refractivity contribution is -0.125. The Morgan fingerprint density at radius 1 is 1.15 bits per heavy atom. The quantitative estimate of drug-likeness (QED) is 0.610. The van der Waals surface area contributed by atoms with Crippen molar-refractivity contribution in [3.63, 3.8) is 0 Å². The Hall–Kier alpha value is -3.28. The SMILES string of the molecule is COc1ccc(OCCN(C)C(=O)C=Cc2nc3ccccc3o2)cc1. The van der Waals surface area contributed by atoms with Crippen LogP contribution in [-0.2, 0) is 4.79 Å². The molecule has 1 aromatic heterocycles. The Labute approximate surface area is 151 Å². The first kappa shape index (κ1) is 17.5. The van der Waals surface area contributed by atoms with Gasteiger partial charge in [0.1, 0.15) is 23.6 Å². The van der Waals surface area contributed by atoms with Crippen LogP contribution in [0.15, 0.2) is 59.0 Å². The van der Waals surface area contributed by atoms with Crippen LogP contribution in [0.5, 0.6) is 11.5 Å². The highest BCUT2D eigenvalue weighted by atomic mass is 16.5. The lowest BCUT2D eigenvalue weighted by Crippen LogP contribution is -2.29. The number of amides is 1. The van der Waals surface area contributed by atoms with Gasteiger partial charge in [0.15, 0.2) is 5.58 Å². The number of benzene rings is 2. The summed E-state index contributed by atoms with van der Waals surface area (Å²) in [5, 5.41) is 0. The van der Waals surface area contributed by atoms with E-state index >= 15 is 0 Å². The number of rotatable bonds is 7. The average molecular weight is 352 g/mol. The molecule has 0 aliphatic carbocycles. The molecule has 0 unspecified atom stereocenters. The van der Waals surface area contributed by atoms with Crippen LogP contribution in [0.1, 0.15) is 5.89 Å². The number of oxazole rings is 1. The molecule has 0 aliphatic rings. The number of methoxy groups -OCH3 is 1. The molecule has 0 spiro atoms. The highest BCUT2D eigenvalue weighted by Gasteiger charge is 2.07. The summed E-state index contributed by atoms with van der Waals surface area (Å²) in [4.78, 5) is 18.0. The highest BCUT2D eigenvalue weighted by molar-refractivity contribution is 5.91. The van der Waals surface area contributed by atoms with Crippen molar-refractivity contribution in [3.8, 4) is 11.5 Å². The molecular weight excluding hydrogens is 332 g/mol. The Kier molecular flexibility index (Phi) is 5.53. The van der Waals surface area contributed by atoms with Crippen molar-refractivity contribution >= 4 is 23.1 Å². The summed E-state index contributed by atoms with van der Waals surface area (Å²) < 4.78 is 16.3. The maximum absolute atomic E-state index is 12.2. The molecule has 26 heavy (non-hydrogen) atoms. The zero-order valence-corrected chi connectivity index (χ0v) is 14.7. The van der Waals surface area contributed by atoms with Crippen molar-refractivity contribution in [2.45, 2.75) is 0 Å². The summed E-state index contributed by atoms with van der Waals surface area (Å²) >= 11 is 0. The summed E-state index contributed by atoms with van der Waals surface area (Å²) in [5.41, 5.74) is 1.46. The standard InChI is InChI=1S/C20H20N2O4/c1-22(13-14-25-16-9-7-15(24-2)8-10-16)20(23)12-11-19-21-17-5-3-4-6-18(17)26-19/h3-12H,13-14H2,1-2H3. The number of ether oxygens (including phenoxy) is 2. The predicted molar refractivity (Wildman–Crippen MR) is 99.2 cm³/mol. The predicted octanol–water partition coefficient (Wildman–Crippen LogP) is 3.39. The second-order valence-corrected chi connectivity index (χ2v) is 5.64. The average Bonchev–Trinajstić information content (AvgIpc) is 3.09. The number of aromatic nitrogens is 1. The number of nitrogens with zero attached hydrogens (tertiary/aromatic N) is 2. The van der Waals surface area contributed by atoms with Gasteiger partial charge >= 0.3 is 0 Å². The van der Waals surface area contributed by atoms with Crippen LogP contribution >= 0.6 is 0 Å². The van der Waals surface area contributed by atoms with Gasteiger partial charge in [-0.05, 0) is 36.4 Å². The summed E-state index contributed by atoms with van der Waals surface area (Å²) in [5.74, 6) is 1.76. The third-order valence-electron chi connectivity index (χ3n) is 3.81. The van der Waals surface area contributed by atoms with Crippen molar-refractivity contribution in [1.82, 2.24) is 9.88 Å². The molecule has 2 aromatic carbocycles. The summed E-state index contributed by atoms with van der Waals surface area (Å²) in [6.45, 7) is 0.855. The summed E-state index contributed by atoms with van der Waals surface area (Å²) in [7, 11) is 3.33. The van der Waals surface area contributed by atoms with E-state index in [9.17, 15) is 4.79 Å². The Morgan fingerprint density at radius 3 is 2.62 bits per heavy atom. The minimum Gasteiger partial charge on any atom is -0.497 e. The number of likely N-dealkylation sites (N-methyl/N-ethyl adjacent to an activating group) is 1. The van der Waals surface area contributed by atoms with E-state index in [0.29, 0.717) is 24.6 Å². The monoisotopic (exact) mass is 352 g/mol. The summed E-state index contributed by atoms with van der Waals surface area (Å²) in [6, 6.07) is 14.8. The molecule has 0 bridgehead atoms. The van der Waals surface area contributed by atoms with Crippen LogP contribution in [0.3, 0.4) is 0 Å². The van der Waals surface area contributed by atoms with Crippen LogP contribution in [0, 0.1) is 0 Å². The molecule has 0 saturated carbocycles. The van der Waals surface area contributed by atoms with Crippen LogP contribution in [0.4, 0.5) is 0 Å². The minimum absolute atomic E-state index is 0.148. The van der Waals surface area contributed by atoms with Crippen molar-refractivity contribution in [3.05, 3.63) is 60.5 Å². The van der Waals surface area contributed by atoms with Gasteiger partial charge in [0.25, 0.3) is 0 Å². The molecule has 1 heterocycles. The molecular formula is C20H20N2O4. The van der Waals surface area contributed by atoms with Gasteiger partial charge in [-0.25, -0.2) is 4.98 Å². The van der Waals surface area contributed by atoms with Gasteiger partial charge in [0, 0.05) is 19.2 Å². The molecule has 6 heteroatoms. The smallest absolute Gasteiger partial charge is 0.246 e. The van der Waals surface area contributed by atoms with Crippen molar-refractivity contribution in [2.24, 2.45) is 0 Å². The summed E-state index contributed by atoms with van der Waals surface area (Å²) in [6.07, 6.45) is 3.02. The molecule has 0 atom stereocenters. The van der Waals surface area contributed by atoms with Crippen molar-refractivity contribution < 1.29 is 18.7 Å². The van der Waals surface area contributed by atoms with Crippen LogP contribution < -0.4 is 9.47 Å². The topological polar surface area (TPSA) is 64.8 Å². The second-order valence-electron chi connectivity index (χ2n) is 5.64. The minimum atomic E-state index is -0.148. The molecule has 0 aliphatic heterocycles. The lowest BCUT2D eigenvalue weighted by atomic mass is 10.3. The number of hydrogen-bond donors (Lipinski definition) is 0. The van der Waals surface area contributed by atoms with E-state index < -0.39 is 0 Å². The van der Waals surface area contributed by atoms with Gasteiger partial charge in [-0.2, -0.15) is 0 Å². The van der Waals surface area contributed by atoms with E-state index in [2.05, 4.69) is 4.98 Å². The lowest BCUT2D eigenvalue weighted by Gasteiger charge is -2.15. The number of carbonyl (C=O) groups is 1. The van der Waals surface area contributed by atoms with Gasteiger partial charge < -0.3 is 18.8 Å². The normalized spacial score (nSPS) is 11.0. The number of hydrogen-bond acceptors (Lipinski definition) is 5. The Balaban J connectivity index is 1.49. The van der Waals surface area contributed by atoms with Gasteiger partial charge in [-0.1, -0.05) is 12.1 Å². The largest absolute Gasteiger partial charge is 0.497 e. The molecule has 0 radical (unpaired) electrons. The fourth-order valence-corrected chi connectivity index (χ4v) is 2.31. The number of fused-ring (bicyclic) bond motifs is 1. The van der Waals surface area contributed by atoms with E-state index in [1.807, 2.05) is 48.5 Å². The maximum atomic E-state index is 12.2. The van der Waals surface area contributed by atoms with Gasteiger partial charge in [-0.3, -0.25) is 4.79 Å². The number of carbonyl (C=O) groups excluding carboxylic acids is 1. The highest BCUT2D eigenvalue weighted by Crippen LogP contribution is 2.17. The fraction of sp³-hybridized carbons (Fsp3) is 0.200. The molecule has 1 amide bonds. The molecule has 3 aromatic rings. The van der Waals surface area contributed by atoms with Crippen LogP contribution in [0.2, 0.25) is 0 Å². The third-order valence-corrected chi connectivity index (χ3v) is 3.81. The van der Waals surface area contributed by atoms with E-state index in [0.717, 1.165) is 17.0 Å². The third kappa shape index (κ3) is 4.42. The molecule has 0 saturated heterocycles. The molecule has 6 nitrogen and oxygen atoms in total. The first-order valence-corrected chi connectivity index (χ1v) is 8.21. The van der Waals surface area contributed by atoms with Crippen molar-refractivity contribution in [2.75, 3.05) is 27.3 Å². The molecule has 0 fully saturated rings. The zero-order chi connectivity index (χ0) is 18.4. The molecule has 134 valence electrons. The Bertz CT molecular complexity index is 867. The Morgan fingerprint density at radius 2 is 1.88 bits per heavy atom. The van der Waals surface area contributed by atoms with Crippen molar-refractivity contribution in [1.29, 1.82) is 0 Å². The van der Waals surface area contributed by atoms with E-state index in [-0.39, 0.29) is 5.91 Å². The van der Waals surface area contributed by atoms with Crippen LogP contribution in [0.25, 0.3) is 17.2 Å². The van der Waals surface area contributed by atoms with Crippen LogP contribution in [-0.4, -0.2) is 43.1 Å². The van der Waals surface area contributed by atoms with Gasteiger partial charge in [-0.15, -0.1) is 0 Å². The fourth-order valence-electron chi connectivity index (χ4n) is 2.31. The van der Waals surface area contributed by atoms with E-state index in [1.54, 1.807) is 25.1 Å². The molecule has 0 N–H and O–H groups in total.